The molecular formula is C56H86O13S2. The van der Waals surface area contributed by atoms with E-state index < -0.39 is 73.5 Å². The molecule has 0 unspecified atom stereocenters. The van der Waals surface area contributed by atoms with Gasteiger partial charge in [-0.05, 0) is 137 Å². The highest BCUT2D eigenvalue weighted by atomic mass is 32.2. The molecule has 2 aromatic rings. The molecule has 0 aromatic heterocycles. The summed E-state index contributed by atoms with van der Waals surface area (Å²) in [6.45, 7) is 32.5. The molecule has 13 nitrogen and oxygen atoms in total. The second-order valence-electron chi connectivity index (χ2n) is 22.7. The summed E-state index contributed by atoms with van der Waals surface area (Å²) in [6.07, 6.45) is -1.39. The van der Waals surface area contributed by atoms with Crippen molar-refractivity contribution in [3.05, 3.63) is 83.5 Å². The molecule has 3 saturated heterocycles. The number of rotatable bonds is 25. The second kappa shape index (κ2) is 24.6. The first kappa shape index (κ1) is 58.9. The van der Waals surface area contributed by atoms with Gasteiger partial charge in [-0.2, -0.15) is 8.42 Å². The van der Waals surface area contributed by atoms with Gasteiger partial charge >= 0.3 is 5.97 Å². The SMILES string of the molecule is C=C([C@H](C)C[C@@H](CC[C@@H]1O[C@@H](CCCOC(=O)C(C)(C)C)CC1=C)OS(=O)(=O)c1c(C(C)C)cc(C(C)C)cc1C(C)C)[C@H](O)C[C@@H]1O[C@H](C[C@H]2COC(C)(C)O2)[C@H](OC)[C@H]1CS(=O)(=O)c1ccccc1. The maximum atomic E-state index is 14.9. The van der Waals surface area contributed by atoms with Gasteiger partial charge in [0, 0.05) is 25.9 Å². The van der Waals surface area contributed by atoms with E-state index in [1.165, 1.54) is 0 Å². The van der Waals surface area contributed by atoms with Crippen LogP contribution >= 0.6 is 0 Å². The molecule has 10 atom stereocenters. The molecule has 0 spiro atoms. The molecule has 2 aromatic carbocycles. The largest absolute Gasteiger partial charge is 0.465 e. The first-order chi connectivity index (χ1) is 33.0. The number of hydrogen-bond acceptors (Lipinski definition) is 13. The van der Waals surface area contributed by atoms with Gasteiger partial charge in [0.1, 0.15) is 4.90 Å². The van der Waals surface area contributed by atoms with Gasteiger partial charge in [-0.1, -0.05) is 92.0 Å². The molecule has 0 aliphatic carbocycles. The lowest BCUT2D eigenvalue weighted by molar-refractivity contribution is -0.153. The highest BCUT2D eigenvalue weighted by molar-refractivity contribution is 7.91. The Morgan fingerprint density at radius 2 is 1.54 bits per heavy atom. The number of carbonyl (C=O) groups is 1. The van der Waals surface area contributed by atoms with Gasteiger partial charge < -0.3 is 33.5 Å². The summed E-state index contributed by atoms with van der Waals surface area (Å²) in [7, 11) is -6.62. The molecule has 3 aliphatic rings. The Kier molecular flexibility index (Phi) is 20.4. The van der Waals surface area contributed by atoms with Crippen molar-refractivity contribution < 1.29 is 59.3 Å². The summed E-state index contributed by atoms with van der Waals surface area (Å²) >= 11 is 0. The fourth-order valence-electron chi connectivity index (χ4n) is 10.1. The van der Waals surface area contributed by atoms with E-state index in [2.05, 4.69) is 27.0 Å². The van der Waals surface area contributed by atoms with E-state index in [0.29, 0.717) is 68.4 Å². The maximum Gasteiger partial charge on any atom is 0.311 e. The van der Waals surface area contributed by atoms with E-state index >= 15 is 0 Å². The van der Waals surface area contributed by atoms with Crippen LogP contribution in [-0.4, -0.2) is 109 Å². The Hall–Kier alpha value is -2.99. The maximum absolute atomic E-state index is 14.9. The minimum atomic E-state index is -4.35. The lowest BCUT2D eigenvalue weighted by Gasteiger charge is -2.29. The Balaban J connectivity index is 1.38. The molecule has 3 fully saturated rings. The van der Waals surface area contributed by atoms with Crippen molar-refractivity contribution in [1.82, 2.24) is 0 Å². The molecule has 3 heterocycles. The zero-order valence-corrected chi connectivity index (χ0v) is 46.5. The zero-order chi connectivity index (χ0) is 52.8. The Labute approximate surface area is 426 Å². The summed E-state index contributed by atoms with van der Waals surface area (Å²) in [5, 5.41) is 12.1. The average molecular weight is 1030 g/mol. The molecule has 0 amide bonds. The molecule has 71 heavy (non-hydrogen) atoms. The van der Waals surface area contributed by atoms with Crippen LogP contribution in [0.5, 0.6) is 0 Å². The third-order valence-electron chi connectivity index (χ3n) is 14.3. The first-order valence-corrected chi connectivity index (χ1v) is 28.8. The van der Waals surface area contributed by atoms with E-state index in [-0.39, 0.29) is 70.4 Å². The molecule has 400 valence electrons. The number of carbonyl (C=O) groups excluding carboxylic acids is 1. The Morgan fingerprint density at radius 1 is 0.901 bits per heavy atom. The van der Waals surface area contributed by atoms with Crippen molar-refractivity contribution in [3.8, 4) is 0 Å². The molecule has 1 N–H and O–H groups in total. The number of aliphatic hydroxyl groups is 1. The smallest absolute Gasteiger partial charge is 0.311 e. The van der Waals surface area contributed by atoms with Crippen LogP contribution in [0.15, 0.2) is 76.6 Å². The van der Waals surface area contributed by atoms with Crippen LogP contribution in [0, 0.1) is 17.3 Å². The van der Waals surface area contributed by atoms with E-state index in [1.807, 2.05) is 81.4 Å². The van der Waals surface area contributed by atoms with Gasteiger partial charge in [-0.15, -0.1) is 0 Å². The quantitative estimate of drug-likeness (QED) is 0.0432. The Morgan fingerprint density at radius 3 is 2.08 bits per heavy atom. The molecule has 5 rings (SSSR count). The molecule has 3 aliphatic heterocycles. The van der Waals surface area contributed by atoms with Gasteiger partial charge in [0.25, 0.3) is 10.1 Å². The van der Waals surface area contributed by atoms with E-state index in [0.717, 1.165) is 11.1 Å². The van der Waals surface area contributed by atoms with Crippen LogP contribution in [-0.2, 0) is 57.4 Å². The fraction of sp³-hybridized carbons (Fsp3) is 0.696. The van der Waals surface area contributed by atoms with Gasteiger partial charge in [0.2, 0.25) is 0 Å². The summed E-state index contributed by atoms with van der Waals surface area (Å²) in [5.41, 5.74) is 3.24. The number of esters is 1. The molecule has 15 heteroatoms. The van der Waals surface area contributed by atoms with Crippen LogP contribution in [0.3, 0.4) is 0 Å². The number of ether oxygens (including phenoxy) is 6. The van der Waals surface area contributed by atoms with E-state index in [9.17, 15) is 26.7 Å². The minimum Gasteiger partial charge on any atom is -0.465 e. The molecular weight excluding hydrogens is 945 g/mol. The summed E-state index contributed by atoms with van der Waals surface area (Å²) in [6, 6.07) is 12.2. The van der Waals surface area contributed by atoms with Crippen molar-refractivity contribution in [2.75, 3.05) is 26.1 Å². The predicted molar refractivity (Wildman–Crippen MR) is 277 cm³/mol. The standard InChI is InChI=1S/C56H86O13S2/c1-34(2)40-28-45(35(3)4)53(46(29-40)36(5)6)71(61,62)69-42(23-24-49-38(8)27-41(66-49)20-19-25-64-54(58)55(10,11)12)26-37(7)39(9)48(57)31-50-47(33-70(59,60)44-21-17-16-18-22-44)52(63-15)51(67-50)30-43-32-65-56(13,14)68-43/h16-18,21-22,28-29,34-37,41-43,47-52,57H,8-9,19-20,23-27,30-33H2,1-7,10-15H3/t37-,41+,42-,43+,47+,48-,49+,50+,51-,52-/m1/s1. The average Bonchev–Trinajstić information content (AvgIpc) is 3.93. The van der Waals surface area contributed by atoms with Crippen molar-refractivity contribution in [2.45, 2.75) is 217 Å². The molecule has 0 bridgehead atoms. The molecule has 0 saturated carbocycles. The lowest BCUT2D eigenvalue weighted by Crippen LogP contribution is -2.37. The van der Waals surface area contributed by atoms with E-state index in [4.69, 9.17) is 32.6 Å². The van der Waals surface area contributed by atoms with Crippen LogP contribution in [0.1, 0.15) is 169 Å². The van der Waals surface area contributed by atoms with Crippen LogP contribution in [0.4, 0.5) is 0 Å². The van der Waals surface area contributed by atoms with Crippen molar-refractivity contribution in [3.63, 3.8) is 0 Å². The normalized spacial score (nSPS) is 25.3. The summed E-state index contributed by atoms with van der Waals surface area (Å²) in [4.78, 5) is 12.7. The highest BCUT2D eigenvalue weighted by Gasteiger charge is 2.49. The highest BCUT2D eigenvalue weighted by Crippen LogP contribution is 2.41. The monoisotopic (exact) mass is 1030 g/mol. The number of hydrogen-bond donors (Lipinski definition) is 1. The van der Waals surface area contributed by atoms with Crippen LogP contribution in [0.25, 0.3) is 0 Å². The Bertz CT molecular complexity index is 2300. The zero-order valence-electron chi connectivity index (χ0n) is 44.9. The van der Waals surface area contributed by atoms with Crippen LogP contribution in [0.2, 0.25) is 0 Å². The number of benzene rings is 2. The predicted octanol–water partition coefficient (Wildman–Crippen LogP) is 10.7. The minimum absolute atomic E-state index is 0.0239. The van der Waals surface area contributed by atoms with Crippen molar-refractivity contribution >= 4 is 25.9 Å². The summed E-state index contributed by atoms with van der Waals surface area (Å²) < 4.78 is 101. The van der Waals surface area contributed by atoms with E-state index in [1.54, 1.807) is 37.4 Å². The topological polar surface area (TPSA) is 170 Å². The number of sulfone groups is 1. The fourth-order valence-corrected chi connectivity index (χ4v) is 13.6. The lowest BCUT2D eigenvalue weighted by atomic mass is 9.86. The third-order valence-corrected chi connectivity index (χ3v) is 17.6. The van der Waals surface area contributed by atoms with Gasteiger partial charge in [0.05, 0.1) is 78.1 Å². The van der Waals surface area contributed by atoms with Gasteiger partial charge in [-0.25, -0.2) is 8.42 Å². The van der Waals surface area contributed by atoms with Crippen molar-refractivity contribution in [2.24, 2.45) is 17.3 Å². The van der Waals surface area contributed by atoms with Gasteiger partial charge in [0.15, 0.2) is 15.6 Å². The first-order valence-electron chi connectivity index (χ1n) is 25.8. The van der Waals surface area contributed by atoms with Crippen LogP contribution < -0.4 is 0 Å². The van der Waals surface area contributed by atoms with Crippen molar-refractivity contribution in [1.29, 1.82) is 0 Å². The summed E-state index contributed by atoms with van der Waals surface area (Å²) in [5.74, 6) is -2.44. The molecule has 0 radical (unpaired) electrons. The second-order valence-corrected chi connectivity index (χ2v) is 26.2. The number of methoxy groups -OCH3 is 1. The van der Waals surface area contributed by atoms with Gasteiger partial charge in [-0.3, -0.25) is 8.98 Å². The number of aliphatic hydroxyl groups excluding tert-OH is 1. The third kappa shape index (κ3) is 15.8.